The predicted octanol–water partition coefficient (Wildman–Crippen LogP) is 1.15. The zero-order valence-corrected chi connectivity index (χ0v) is 9.18. The molecule has 0 heterocycles. The monoisotopic (exact) mass is 186 g/mol. The van der Waals surface area contributed by atoms with E-state index in [0.717, 1.165) is 13.1 Å². The van der Waals surface area contributed by atoms with E-state index >= 15 is 0 Å². The lowest BCUT2D eigenvalue weighted by atomic mass is 10.2. The van der Waals surface area contributed by atoms with Crippen LogP contribution in [0.2, 0.25) is 0 Å². The molecular weight excluding hydrogens is 164 g/mol. The van der Waals surface area contributed by atoms with Crippen LogP contribution in [0.1, 0.15) is 34.1 Å². The van der Waals surface area contributed by atoms with Gasteiger partial charge in [0.1, 0.15) is 0 Å². The molecule has 0 aliphatic rings. The van der Waals surface area contributed by atoms with E-state index in [-0.39, 0.29) is 11.9 Å². The molecule has 0 spiro atoms. The van der Waals surface area contributed by atoms with Crippen LogP contribution in [-0.2, 0) is 4.79 Å². The van der Waals surface area contributed by atoms with Gasteiger partial charge in [0.25, 0.3) is 0 Å². The van der Waals surface area contributed by atoms with Gasteiger partial charge in [-0.25, -0.2) is 0 Å². The second-order valence-corrected chi connectivity index (χ2v) is 4.07. The minimum atomic E-state index is 0.131. The quantitative estimate of drug-likeness (QED) is 0.611. The summed E-state index contributed by atoms with van der Waals surface area (Å²) in [5.41, 5.74) is 0. The summed E-state index contributed by atoms with van der Waals surface area (Å²) in [5.74, 6) is 0.777. The second kappa shape index (κ2) is 6.89. The predicted molar refractivity (Wildman–Crippen MR) is 55.6 cm³/mol. The van der Waals surface area contributed by atoms with Gasteiger partial charge >= 0.3 is 0 Å². The maximum atomic E-state index is 11.1. The van der Waals surface area contributed by atoms with Crippen LogP contribution in [0, 0.1) is 5.92 Å². The topological polar surface area (TPSA) is 41.1 Å². The van der Waals surface area contributed by atoms with Crippen LogP contribution in [0.15, 0.2) is 0 Å². The van der Waals surface area contributed by atoms with E-state index in [2.05, 4.69) is 24.5 Å². The summed E-state index contributed by atoms with van der Waals surface area (Å²) in [6, 6.07) is 0.248. The average Bonchev–Trinajstić information content (AvgIpc) is 1.96. The Balaban J connectivity index is 3.27. The van der Waals surface area contributed by atoms with Crippen molar-refractivity contribution in [1.82, 2.24) is 10.6 Å². The number of carbonyl (C=O) groups is 1. The fourth-order valence-electron chi connectivity index (χ4n) is 0.987. The first-order valence-electron chi connectivity index (χ1n) is 5.02. The first-order valence-corrected chi connectivity index (χ1v) is 5.02. The lowest BCUT2D eigenvalue weighted by Crippen LogP contribution is -2.33. The molecule has 3 heteroatoms. The first kappa shape index (κ1) is 12.4. The average molecular weight is 186 g/mol. The van der Waals surface area contributed by atoms with Gasteiger partial charge in [-0.05, 0) is 26.3 Å². The van der Waals surface area contributed by atoms with Crippen LogP contribution >= 0.6 is 0 Å². The largest absolute Gasteiger partial charge is 0.354 e. The zero-order valence-electron chi connectivity index (χ0n) is 9.18. The molecule has 0 bridgehead atoms. The number of hydrogen-bond donors (Lipinski definition) is 2. The van der Waals surface area contributed by atoms with Crippen LogP contribution in [-0.4, -0.2) is 25.0 Å². The van der Waals surface area contributed by atoms with Crippen LogP contribution < -0.4 is 10.6 Å². The zero-order chi connectivity index (χ0) is 10.3. The standard InChI is InChI=1S/C10H22N2O/c1-8(2)7-11-6-5-10(13)12-9(3)4/h8-9,11H,5-7H2,1-4H3,(H,12,13). The molecule has 0 unspecified atom stereocenters. The summed E-state index contributed by atoms with van der Waals surface area (Å²) in [6.07, 6.45) is 0.574. The lowest BCUT2D eigenvalue weighted by molar-refractivity contribution is -0.121. The van der Waals surface area contributed by atoms with E-state index in [4.69, 9.17) is 0 Å². The molecule has 0 saturated heterocycles. The van der Waals surface area contributed by atoms with Gasteiger partial charge in [0, 0.05) is 19.0 Å². The van der Waals surface area contributed by atoms with Gasteiger partial charge in [0.2, 0.25) is 5.91 Å². The molecule has 13 heavy (non-hydrogen) atoms. The van der Waals surface area contributed by atoms with Gasteiger partial charge in [-0.3, -0.25) is 4.79 Å². The normalized spacial score (nSPS) is 10.9. The van der Waals surface area contributed by atoms with Crippen molar-refractivity contribution >= 4 is 5.91 Å². The summed E-state index contributed by atoms with van der Waals surface area (Å²) in [7, 11) is 0. The third kappa shape index (κ3) is 9.34. The molecule has 0 aromatic rings. The highest BCUT2D eigenvalue weighted by atomic mass is 16.1. The Morgan fingerprint density at radius 2 is 1.85 bits per heavy atom. The van der Waals surface area contributed by atoms with Crippen LogP contribution in [0.25, 0.3) is 0 Å². The molecule has 0 rings (SSSR count). The third-order valence-electron chi connectivity index (χ3n) is 1.53. The Morgan fingerprint density at radius 3 is 2.31 bits per heavy atom. The van der Waals surface area contributed by atoms with Crippen molar-refractivity contribution in [2.24, 2.45) is 5.92 Å². The fraction of sp³-hybridized carbons (Fsp3) is 0.900. The Morgan fingerprint density at radius 1 is 1.23 bits per heavy atom. The Bertz CT molecular complexity index is 144. The third-order valence-corrected chi connectivity index (χ3v) is 1.53. The van der Waals surface area contributed by atoms with Gasteiger partial charge < -0.3 is 10.6 Å². The number of nitrogens with one attached hydrogen (secondary N) is 2. The molecule has 0 radical (unpaired) electrons. The van der Waals surface area contributed by atoms with Crippen molar-refractivity contribution in [1.29, 1.82) is 0 Å². The summed E-state index contributed by atoms with van der Waals surface area (Å²) >= 11 is 0. The molecule has 2 N–H and O–H groups in total. The molecule has 1 amide bonds. The van der Waals surface area contributed by atoms with Gasteiger partial charge in [-0.2, -0.15) is 0 Å². The first-order chi connectivity index (χ1) is 6.02. The molecule has 0 aliphatic heterocycles. The van der Waals surface area contributed by atoms with Gasteiger partial charge in [-0.1, -0.05) is 13.8 Å². The maximum absolute atomic E-state index is 11.1. The Hall–Kier alpha value is -0.570. The van der Waals surface area contributed by atoms with E-state index in [1.807, 2.05) is 13.8 Å². The van der Waals surface area contributed by atoms with Crippen molar-refractivity contribution in [2.75, 3.05) is 13.1 Å². The molecule has 78 valence electrons. The number of amides is 1. The van der Waals surface area contributed by atoms with E-state index in [1.165, 1.54) is 0 Å². The van der Waals surface area contributed by atoms with E-state index in [1.54, 1.807) is 0 Å². The SMILES string of the molecule is CC(C)CNCCC(=O)NC(C)C. The summed E-state index contributed by atoms with van der Waals surface area (Å²) in [6.45, 7) is 10.0. The molecular formula is C10H22N2O. The molecule has 0 atom stereocenters. The number of hydrogen-bond acceptors (Lipinski definition) is 2. The second-order valence-electron chi connectivity index (χ2n) is 4.07. The molecule has 3 nitrogen and oxygen atoms in total. The summed E-state index contributed by atoms with van der Waals surface area (Å²) in [5, 5.41) is 6.08. The van der Waals surface area contributed by atoms with Crippen molar-refractivity contribution < 1.29 is 4.79 Å². The highest BCUT2D eigenvalue weighted by molar-refractivity contribution is 5.76. The van der Waals surface area contributed by atoms with Crippen LogP contribution in [0.3, 0.4) is 0 Å². The smallest absolute Gasteiger partial charge is 0.221 e. The Kier molecular flexibility index (Phi) is 6.59. The summed E-state index contributed by atoms with van der Waals surface area (Å²) in [4.78, 5) is 11.1. The van der Waals surface area contributed by atoms with E-state index in [9.17, 15) is 4.79 Å². The highest BCUT2D eigenvalue weighted by Crippen LogP contribution is 1.87. The van der Waals surface area contributed by atoms with Gasteiger partial charge in [-0.15, -0.1) is 0 Å². The Labute approximate surface area is 81.3 Å². The summed E-state index contributed by atoms with van der Waals surface area (Å²) < 4.78 is 0. The van der Waals surface area contributed by atoms with Gasteiger partial charge in [0.05, 0.1) is 0 Å². The van der Waals surface area contributed by atoms with Gasteiger partial charge in [0.15, 0.2) is 0 Å². The lowest BCUT2D eigenvalue weighted by Gasteiger charge is -2.09. The van der Waals surface area contributed by atoms with Crippen molar-refractivity contribution in [3.63, 3.8) is 0 Å². The van der Waals surface area contributed by atoms with Crippen LogP contribution in [0.5, 0.6) is 0 Å². The number of carbonyl (C=O) groups excluding carboxylic acids is 1. The maximum Gasteiger partial charge on any atom is 0.221 e. The fourth-order valence-corrected chi connectivity index (χ4v) is 0.987. The highest BCUT2D eigenvalue weighted by Gasteiger charge is 2.02. The van der Waals surface area contributed by atoms with E-state index in [0.29, 0.717) is 12.3 Å². The van der Waals surface area contributed by atoms with Crippen molar-refractivity contribution in [2.45, 2.75) is 40.2 Å². The molecule has 0 aromatic carbocycles. The minimum absolute atomic E-state index is 0.131. The molecule has 0 aromatic heterocycles. The van der Waals surface area contributed by atoms with Crippen molar-refractivity contribution in [3.8, 4) is 0 Å². The molecule has 0 fully saturated rings. The molecule has 0 saturated carbocycles. The van der Waals surface area contributed by atoms with Crippen LogP contribution in [0.4, 0.5) is 0 Å². The number of rotatable bonds is 6. The van der Waals surface area contributed by atoms with Crippen molar-refractivity contribution in [3.05, 3.63) is 0 Å². The molecule has 0 aliphatic carbocycles. The minimum Gasteiger partial charge on any atom is -0.354 e. The van der Waals surface area contributed by atoms with E-state index < -0.39 is 0 Å².